The van der Waals surface area contributed by atoms with E-state index in [9.17, 15) is 9.18 Å². The molecule has 2 nitrogen and oxygen atoms in total. The quantitative estimate of drug-likeness (QED) is 0.479. The number of benzene rings is 2. The standard InChI is InChI=1S/C15H10ClFO2/c16-12-2-1-3-14(10-12)19-15(18)9-6-11-4-7-13(17)8-5-11/h1-10H/b9-6+. The van der Waals surface area contributed by atoms with Crippen LogP contribution < -0.4 is 4.74 Å². The van der Waals surface area contributed by atoms with Crippen molar-refractivity contribution in [2.45, 2.75) is 0 Å². The Bertz CT molecular complexity index is 606. The van der Waals surface area contributed by atoms with Gasteiger partial charge in [0.1, 0.15) is 11.6 Å². The molecule has 0 aliphatic rings. The van der Waals surface area contributed by atoms with E-state index in [-0.39, 0.29) is 5.82 Å². The highest BCUT2D eigenvalue weighted by Crippen LogP contribution is 2.17. The predicted molar refractivity (Wildman–Crippen MR) is 72.5 cm³/mol. The van der Waals surface area contributed by atoms with Gasteiger partial charge >= 0.3 is 5.97 Å². The Morgan fingerprint density at radius 3 is 2.58 bits per heavy atom. The molecule has 0 aliphatic carbocycles. The van der Waals surface area contributed by atoms with Crippen molar-refractivity contribution >= 4 is 23.6 Å². The van der Waals surface area contributed by atoms with Gasteiger partial charge in [-0.25, -0.2) is 9.18 Å². The van der Waals surface area contributed by atoms with Gasteiger partial charge in [0, 0.05) is 11.1 Å². The number of carbonyl (C=O) groups is 1. The van der Waals surface area contributed by atoms with Gasteiger partial charge in [-0.1, -0.05) is 29.8 Å². The molecule has 0 radical (unpaired) electrons. The summed E-state index contributed by atoms with van der Waals surface area (Å²) >= 11 is 5.77. The summed E-state index contributed by atoms with van der Waals surface area (Å²) in [6, 6.07) is 12.3. The number of ether oxygens (including phenoxy) is 1. The summed E-state index contributed by atoms with van der Waals surface area (Å²) in [6.07, 6.45) is 2.82. The lowest BCUT2D eigenvalue weighted by molar-refractivity contribution is -0.128. The number of rotatable bonds is 3. The van der Waals surface area contributed by atoms with Gasteiger partial charge in [-0.15, -0.1) is 0 Å². The van der Waals surface area contributed by atoms with Crippen LogP contribution in [0.15, 0.2) is 54.6 Å². The molecule has 0 atom stereocenters. The van der Waals surface area contributed by atoms with Gasteiger partial charge in [0.05, 0.1) is 0 Å². The average molecular weight is 277 g/mol. The molecule has 96 valence electrons. The Labute approximate surface area is 115 Å². The van der Waals surface area contributed by atoms with E-state index in [2.05, 4.69) is 0 Å². The summed E-state index contributed by atoms with van der Waals surface area (Å²) in [6.45, 7) is 0. The van der Waals surface area contributed by atoms with Crippen LogP contribution >= 0.6 is 11.6 Å². The summed E-state index contributed by atoms with van der Waals surface area (Å²) in [7, 11) is 0. The Hall–Kier alpha value is -2.13. The highest BCUT2D eigenvalue weighted by atomic mass is 35.5. The van der Waals surface area contributed by atoms with Crippen LogP contribution in [-0.4, -0.2) is 5.97 Å². The van der Waals surface area contributed by atoms with Gasteiger partial charge in [0.25, 0.3) is 0 Å². The van der Waals surface area contributed by atoms with E-state index in [1.807, 2.05) is 0 Å². The van der Waals surface area contributed by atoms with Gasteiger partial charge in [-0.2, -0.15) is 0 Å². The van der Waals surface area contributed by atoms with Crippen LogP contribution in [-0.2, 0) is 4.79 Å². The SMILES string of the molecule is O=C(/C=C/c1ccc(F)cc1)Oc1cccc(Cl)c1. The Morgan fingerprint density at radius 1 is 1.16 bits per heavy atom. The Morgan fingerprint density at radius 2 is 1.89 bits per heavy atom. The first-order valence-electron chi connectivity index (χ1n) is 5.54. The maximum absolute atomic E-state index is 12.7. The highest BCUT2D eigenvalue weighted by Gasteiger charge is 2.00. The third kappa shape index (κ3) is 4.23. The molecule has 0 heterocycles. The fraction of sp³-hybridized carbons (Fsp3) is 0. The fourth-order valence-electron chi connectivity index (χ4n) is 1.42. The molecular weight excluding hydrogens is 267 g/mol. The van der Waals surface area contributed by atoms with E-state index in [0.717, 1.165) is 0 Å². The van der Waals surface area contributed by atoms with Crippen LogP contribution in [0.4, 0.5) is 4.39 Å². The molecule has 0 unspecified atom stereocenters. The lowest BCUT2D eigenvalue weighted by atomic mass is 10.2. The molecule has 2 aromatic rings. The summed E-state index contributed by atoms with van der Waals surface area (Å²) in [5.74, 6) is -0.466. The Kier molecular flexibility index (Phi) is 4.31. The van der Waals surface area contributed by atoms with Crippen molar-refractivity contribution in [3.63, 3.8) is 0 Å². The summed E-state index contributed by atoms with van der Waals surface area (Å²) in [5.41, 5.74) is 0.712. The van der Waals surface area contributed by atoms with Crippen LogP contribution in [0.2, 0.25) is 5.02 Å². The zero-order valence-electron chi connectivity index (χ0n) is 9.85. The van der Waals surface area contributed by atoms with E-state index in [0.29, 0.717) is 16.3 Å². The van der Waals surface area contributed by atoms with Crippen molar-refractivity contribution in [2.75, 3.05) is 0 Å². The minimum absolute atomic E-state index is 0.321. The first-order chi connectivity index (χ1) is 9.13. The number of hydrogen-bond donors (Lipinski definition) is 0. The van der Waals surface area contributed by atoms with Crippen molar-refractivity contribution in [3.05, 3.63) is 71.0 Å². The highest BCUT2D eigenvalue weighted by molar-refractivity contribution is 6.30. The minimum Gasteiger partial charge on any atom is -0.423 e. The van der Waals surface area contributed by atoms with Crippen LogP contribution in [0.25, 0.3) is 6.08 Å². The Balaban J connectivity index is 1.99. The maximum atomic E-state index is 12.7. The first kappa shape index (κ1) is 13.3. The molecule has 0 saturated carbocycles. The zero-order chi connectivity index (χ0) is 13.7. The van der Waals surface area contributed by atoms with Gasteiger partial charge in [-0.3, -0.25) is 0 Å². The normalized spacial score (nSPS) is 10.6. The fourth-order valence-corrected chi connectivity index (χ4v) is 1.60. The topological polar surface area (TPSA) is 26.3 Å². The van der Waals surface area contributed by atoms with Crippen LogP contribution in [0.3, 0.4) is 0 Å². The lowest BCUT2D eigenvalue weighted by Gasteiger charge is -2.01. The monoisotopic (exact) mass is 276 g/mol. The molecule has 0 fully saturated rings. The zero-order valence-corrected chi connectivity index (χ0v) is 10.6. The van der Waals surface area contributed by atoms with E-state index in [1.165, 1.54) is 18.2 Å². The third-order valence-corrected chi connectivity index (χ3v) is 2.53. The largest absolute Gasteiger partial charge is 0.423 e. The maximum Gasteiger partial charge on any atom is 0.336 e. The summed E-state index contributed by atoms with van der Waals surface area (Å²) in [4.78, 5) is 11.5. The summed E-state index contributed by atoms with van der Waals surface area (Å²) < 4.78 is 17.7. The van der Waals surface area contributed by atoms with Crippen molar-refractivity contribution in [1.82, 2.24) is 0 Å². The minimum atomic E-state index is -0.522. The van der Waals surface area contributed by atoms with Crippen LogP contribution in [0.1, 0.15) is 5.56 Å². The van der Waals surface area contributed by atoms with E-state index in [1.54, 1.807) is 42.5 Å². The molecule has 19 heavy (non-hydrogen) atoms. The number of esters is 1. The number of halogens is 2. The molecule has 2 aromatic carbocycles. The molecular formula is C15H10ClFO2. The molecule has 0 aromatic heterocycles. The second-order valence-corrected chi connectivity index (χ2v) is 4.20. The van der Waals surface area contributed by atoms with Crippen molar-refractivity contribution in [1.29, 1.82) is 0 Å². The molecule has 0 bridgehead atoms. The van der Waals surface area contributed by atoms with Gasteiger partial charge < -0.3 is 4.74 Å². The van der Waals surface area contributed by atoms with E-state index in [4.69, 9.17) is 16.3 Å². The molecule has 0 saturated heterocycles. The average Bonchev–Trinajstić information content (AvgIpc) is 2.38. The molecule has 0 amide bonds. The summed E-state index contributed by atoms with van der Waals surface area (Å²) in [5, 5.41) is 0.493. The molecule has 0 aliphatic heterocycles. The van der Waals surface area contributed by atoms with Crippen LogP contribution in [0.5, 0.6) is 5.75 Å². The van der Waals surface area contributed by atoms with Crippen molar-refractivity contribution in [3.8, 4) is 5.75 Å². The van der Waals surface area contributed by atoms with Crippen LogP contribution in [0, 0.1) is 5.82 Å². The second kappa shape index (κ2) is 6.16. The second-order valence-electron chi connectivity index (χ2n) is 3.76. The van der Waals surface area contributed by atoms with Gasteiger partial charge in [-0.05, 0) is 42.0 Å². The number of carbonyl (C=O) groups excluding carboxylic acids is 1. The molecule has 2 rings (SSSR count). The van der Waals surface area contributed by atoms with E-state index >= 15 is 0 Å². The first-order valence-corrected chi connectivity index (χ1v) is 5.92. The molecule has 0 N–H and O–H groups in total. The molecule has 4 heteroatoms. The number of hydrogen-bond acceptors (Lipinski definition) is 2. The smallest absolute Gasteiger partial charge is 0.336 e. The van der Waals surface area contributed by atoms with E-state index < -0.39 is 5.97 Å². The van der Waals surface area contributed by atoms with Crippen molar-refractivity contribution < 1.29 is 13.9 Å². The lowest BCUT2D eigenvalue weighted by Crippen LogP contribution is -2.03. The van der Waals surface area contributed by atoms with Gasteiger partial charge in [0.15, 0.2) is 0 Å². The van der Waals surface area contributed by atoms with Gasteiger partial charge in [0.2, 0.25) is 0 Å². The molecule has 0 spiro atoms. The predicted octanol–water partition coefficient (Wildman–Crippen LogP) is 4.10. The van der Waals surface area contributed by atoms with Crippen molar-refractivity contribution in [2.24, 2.45) is 0 Å². The third-order valence-electron chi connectivity index (χ3n) is 2.30.